The van der Waals surface area contributed by atoms with E-state index in [0.717, 1.165) is 35.6 Å². The number of hydrogen-bond donors (Lipinski definition) is 0. The summed E-state index contributed by atoms with van der Waals surface area (Å²) in [5.41, 5.74) is 4.17. The number of hydrogen-bond acceptors (Lipinski definition) is 3. The predicted molar refractivity (Wildman–Crippen MR) is 102 cm³/mol. The third-order valence-corrected chi connectivity index (χ3v) is 4.50. The van der Waals surface area contributed by atoms with Crippen molar-refractivity contribution < 1.29 is 0 Å². The van der Waals surface area contributed by atoms with Gasteiger partial charge in [0.2, 0.25) is 0 Å². The molecule has 1 aliphatic rings. The molecule has 0 radical (unpaired) electrons. The van der Waals surface area contributed by atoms with Gasteiger partial charge in [-0.2, -0.15) is 10.2 Å². The molecular formula is C21H22N4. The van der Waals surface area contributed by atoms with E-state index in [9.17, 15) is 0 Å². The topological polar surface area (TPSA) is 33.4 Å². The Bertz CT molecular complexity index is 831. The number of para-hydroxylation sites is 1. The Morgan fingerprint density at radius 1 is 0.840 bits per heavy atom. The molecule has 0 atom stereocenters. The minimum Gasteiger partial charge on any atom is -0.297 e. The standard InChI is InChI=1S/C21H22N4/c1-4-10-18(11-5-1)21-19(16-22-24-14-8-3-9-15-24)17-25(23-21)20-12-6-2-7-13-20/h1-2,4-7,10-13,16-17H,3,8-9,14-15H2. The highest BCUT2D eigenvalue weighted by molar-refractivity contribution is 5.88. The van der Waals surface area contributed by atoms with Crippen molar-refractivity contribution in [3.63, 3.8) is 0 Å². The lowest BCUT2D eigenvalue weighted by atomic mass is 10.1. The molecule has 0 bridgehead atoms. The first-order chi connectivity index (χ1) is 12.4. The largest absolute Gasteiger partial charge is 0.297 e. The molecule has 3 aromatic rings. The van der Waals surface area contributed by atoms with E-state index in [1.807, 2.05) is 47.3 Å². The van der Waals surface area contributed by atoms with Crippen LogP contribution in [0.25, 0.3) is 16.9 Å². The summed E-state index contributed by atoms with van der Waals surface area (Å²) in [6.07, 6.45) is 7.79. The summed E-state index contributed by atoms with van der Waals surface area (Å²) in [6.45, 7) is 2.09. The molecule has 0 spiro atoms. The van der Waals surface area contributed by atoms with Crippen LogP contribution in [0.15, 0.2) is 72.0 Å². The van der Waals surface area contributed by atoms with Crippen LogP contribution in [-0.4, -0.2) is 34.1 Å². The van der Waals surface area contributed by atoms with Gasteiger partial charge in [0, 0.05) is 30.4 Å². The molecule has 1 aliphatic heterocycles. The minimum absolute atomic E-state index is 0.963. The molecule has 0 amide bonds. The van der Waals surface area contributed by atoms with Crippen molar-refractivity contribution in [2.45, 2.75) is 19.3 Å². The second kappa shape index (κ2) is 7.34. The summed E-state index contributed by atoms with van der Waals surface area (Å²) in [5.74, 6) is 0. The van der Waals surface area contributed by atoms with Crippen LogP contribution in [-0.2, 0) is 0 Å². The van der Waals surface area contributed by atoms with Gasteiger partial charge in [-0.25, -0.2) is 4.68 Å². The molecule has 0 unspecified atom stereocenters. The Morgan fingerprint density at radius 2 is 1.52 bits per heavy atom. The van der Waals surface area contributed by atoms with Gasteiger partial charge in [0.05, 0.1) is 11.9 Å². The highest BCUT2D eigenvalue weighted by Gasteiger charge is 2.12. The van der Waals surface area contributed by atoms with Gasteiger partial charge in [0.15, 0.2) is 0 Å². The number of piperidine rings is 1. The van der Waals surface area contributed by atoms with Crippen molar-refractivity contribution in [2.75, 3.05) is 13.1 Å². The Hall–Kier alpha value is -2.88. The van der Waals surface area contributed by atoms with Crippen LogP contribution in [0, 0.1) is 0 Å². The van der Waals surface area contributed by atoms with Crippen molar-refractivity contribution >= 4 is 6.21 Å². The lowest BCUT2D eigenvalue weighted by molar-refractivity contribution is 0.240. The van der Waals surface area contributed by atoms with Crippen molar-refractivity contribution in [1.82, 2.24) is 14.8 Å². The fourth-order valence-corrected chi connectivity index (χ4v) is 3.15. The van der Waals surface area contributed by atoms with E-state index < -0.39 is 0 Å². The van der Waals surface area contributed by atoms with Crippen LogP contribution in [0.3, 0.4) is 0 Å². The van der Waals surface area contributed by atoms with Gasteiger partial charge >= 0.3 is 0 Å². The van der Waals surface area contributed by atoms with Crippen LogP contribution in [0.1, 0.15) is 24.8 Å². The summed E-state index contributed by atoms with van der Waals surface area (Å²) in [7, 11) is 0. The first-order valence-electron chi connectivity index (χ1n) is 8.89. The van der Waals surface area contributed by atoms with Gasteiger partial charge in [0.1, 0.15) is 5.69 Å². The van der Waals surface area contributed by atoms with E-state index in [4.69, 9.17) is 10.2 Å². The van der Waals surface area contributed by atoms with Gasteiger partial charge < -0.3 is 0 Å². The number of rotatable bonds is 4. The summed E-state index contributed by atoms with van der Waals surface area (Å²) < 4.78 is 1.93. The van der Waals surface area contributed by atoms with Crippen molar-refractivity contribution in [1.29, 1.82) is 0 Å². The van der Waals surface area contributed by atoms with Crippen LogP contribution < -0.4 is 0 Å². The van der Waals surface area contributed by atoms with Gasteiger partial charge in [-0.05, 0) is 31.4 Å². The van der Waals surface area contributed by atoms with E-state index in [-0.39, 0.29) is 0 Å². The normalized spacial score (nSPS) is 15.0. The number of aromatic nitrogens is 2. The molecule has 2 aromatic carbocycles. The summed E-state index contributed by atoms with van der Waals surface area (Å²) in [5, 5.41) is 11.7. The fourth-order valence-electron chi connectivity index (χ4n) is 3.15. The molecule has 4 rings (SSSR count). The molecule has 1 fully saturated rings. The summed E-state index contributed by atoms with van der Waals surface area (Å²) >= 11 is 0. The first-order valence-corrected chi connectivity index (χ1v) is 8.89. The van der Waals surface area contributed by atoms with E-state index in [1.165, 1.54) is 19.3 Å². The van der Waals surface area contributed by atoms with Crippen LogP contribution in [0.4, 0.5) is 0 Å². The lowest BCUT2D eigenvalue weighted by Crippen LogP contribution is -2.24. The first kappa shape index (κ1) is 15.6. The maximum Gasteiger partial charge on any atom is 0.102 e. The number of nitrogens with zero attached hydrogens (tertiary/aromatic N) is 4. The fraction of sp³-hybridized carbons (Fsp3) is 0.238. The molecule has 1 aromatic heterocycles. The van der Waals surface area contributed by atoms with E-state index in [0.29, 0.717) is 0 Å². The van der Waals surface area contributed by atoms with Crippen LogP contribution in [0.2, 0.25) is 0 Å². The molecule has 0 aliphatic carbocycles. The third-order valence-electron chi connectivity index (χ3n) is 4.50. The SMILES string of the molecule is C(=NN1CCCCC1)c1cn(-c2ccccc2)nc1-c1ccccc1. The number of hydrazone groups is 1. The highest BCUT2D eigenvalue weighted by Crippen LogP contribution is 2.22. The second-order valence-electron chi connectivity index (χ2n) is 6.34. The van der Waals surface area contributed by atoms with Crippen LogP contribution in [0.5, 0.6) is 0 Å². The highest BCUT2D eigenvalue weighted by atomic mass is 15.4. The third kappa shape index (κ3) is 3.63. The second-order valence-corrected chi connectivity index (χ2v) is 6.34. The maximum atomic E-state index is 4.82. The van der Waals surface area contributed by atoms with Gasteiger partial charge in [-0.1, -0.05) is 48.5 Å². The maximum absolute atomic E-state index is 4.82. The predicted octanol–water partition coefficient (Wildman–Crippen LogP) is 4.36. The average Bonchev–Trinajstić information content (AvgIpc) is 3.13. The molecule has 25 heavy (non-hydrogen) atoms. The zero-order valence-corrected chi connectivity index (χ0v) is 14.3. The lowest BCUT2D eigenvalue weighted by Gasteiger charge is -2.23. The molecule has 0 N–H and O–H groups in total. The zero-order chi connectivity index (χ0) is 16.9. The Morgan fingerprint density at radius 3 is 2.24 bits per heavy atom. The van der Waals surface area contributed by atoms with Crippen LogP contribution >= 0.6 is 0 Å². The van der Waals surface area contributed by atoms with Gasteiger partial charge in [0.25, 0.3) is 0 Å². The van der Waals surface area contributed by atoms with Gasteiger partial charge in [-0.15, -0.1) is 0 Å². The van der Waals surface area contributed by atoms with Crippen molar-refractivity contribution in [3.8, 4) is 16.9 Å². The van der Waals surface area contributed by atoms with Crippen molar-refractivity contribution in [3.05, 3.63) is 72.4 Å². The molecule has 4 heteroatoms. The zero-order valence-electron chi connectivity index (χ0n) is 14.3. The van der Waals surface area contributed by atoms with Crippen molar-refractivity contribution in [2.24, 2.45) is 5.10 Å². The quantitative estimate of drug-likeness (QED) is 0.666. The Kier molecular flexibility index (Phi) is 4.59. The van der Waals surface area contributed by atoms with E-state index in [1.54, 1.807) is 0 Å². The molecule has 126 valence electrons. The van der Waals surface area contributed by atoms with Gasteiger partial charge in [-0.3, -0.25) is 5.01 Å². The Balaban J connectivity index is 1.70. The van der Waals surface area contributed by atoms with E-state index in [2.05, 4.69) is 35.5 Å². The molecule has 2 heterocycles. The summed E-state index contributed by atoms with van der Waals surface area (Å²) in [6, 6.07) is 20.5. The number of benzene rings is 2. The Labute approximate surface area is 148 Å². The molecule has 0 saturated carbocycles. The monoisotopic (exact) mass is 330 g/mol. The smallest absolute Gasteiger partial charge is 0.102 e. The average molecular weight is 330 g/mol. The molecule has 4 nitrogen and oxygen atoms in total. The molecule has 1 saturated heterocycles. The van der Waals surface area contributed by atoms with E-state index >= 15 is 0 Å². The molecular weight excluding hydrogens is 308 g/mol. The summed E-state index contributed by atoms with van der Waals surface area (Å²) in [4.78, 5) is 0. The minimum atomic E-state index is 0.963.